The maximum atomic E-state index is 5.75. The van der Waals surface area contributed by atoms with Gasteiger partial charge in [0.1, 0.15) is 0 Å². The number of rotatable bonds is 5. The fourth-order valence-corrected chi connectivity index (χ4v) is 1.54. The fourth-order valence-electron chi connectivity index (χ4n) is 1.54. The van der Waals surface area contributed by atoms with Gasteiger partial charge >= 0.3 is 0 Å². The molecule has 0 fully saturated rings. The van der Waals surface area contributed by atoms with Gasteiger partial charge in [0.2, 0.25) is 0 Å². The first kappa shape index (κ1) is 11.8. The molecule has 0 spiro atoms. The van der Waals surface area contributed by atoms with Crippen LogP contribution in [0, 0.1) is 0 Å². The summed E-state index contributed by atoms with van der Waals surface area (Å²) >= 11 is 0. The summed E-state index contributed by atoms with van der Waals surface area (Å²) in [6.45, 7) is 4.86. The smallest absolute Gasteiger partial charge is 0.0941 e. The van der Waals surface area contributed by atoms with Crippen LogP contribution in [0.25, 0.3) is 0 Å². The average molecular weight is 208 g/mol. The van der Waals surface area contributed by atoms with Crippen molar-refractivity contribution in [2.45, 2.75) is 39.7 Å². The van der Waals surface area contributed by atoms with Gasteiger partial charge in [-0.25, -0.2) is 0 Å². The third-order valence-electron chi connectivity index (χ3n) is 2.29. The van der Waals surface area contributed by atoms with E-state index in [1.54, 1.807) is 0 Å². The van der Waals surface area contributed by atoms with Gasteiger partial charge in [-0.15, -0.1) is 0 Å². The quantitative estimate of drug-likeness (QED) is 0.590. The van der Waals surface area contributed by atoms with Crippen LogP contribution >= 0.6 is 0 Å². The summed E-state index contributed by atoms with van der Waals surface area (Å²) in [6.07, 6.45) is 4.88. The molecule has 0 aliphatic heterocycles. The first-order valence-corrected chi connectivity index (χ1v) is 5.47. The SMILES string of the molecule is CCCC(N)=NCc1cn(C)nc1CC. The fraction of sp³-hybridized carbons (Fsp3) is 0.636. The predicted octanol–water partition coefficient (Wildman–Crippen LogP) is 1.64. The highest BCUT2D eigenvalue weighted by Gasteiger charge is 2.04. The first-order chi connectivity index (χ1) is 7.17. The lowest BCUT2D eigenvalue weighted by Gasteiger charge is -1.98. The molecule has 0 aliphatic carbocycles. The number of hydrogen-bond donors (Lipinski definition) is 1. The van der Waals surface area contributed by atoms with E-state index in [1.165, 1.54) is 5.56 Å². The van der Waals surface area contributed by atoms with Gasteiger partial charge in [-0.05, 0) is 12.8 Å². The molecule has 1 heterocycles. The second kappa shape index (κ2) is 5.53. The van der Waals surface area contributed by atoms with Crippen LogP contribution in [0.3, 0.4) is 0 Å². The molecule has 0 unspecified atom stereocenters. The molecule has 0 amide bonds. The maximum absolute atomic E-state index is 5.75. The van der Waals surface area contributed by atoms with Crippen LogP contribution in [0.2, 0.25) is 0 Å². The van der Waals surface area contributed by atoms with Crippen molar-refractivity contribution in [2.75, 3.05) is 0 Å². The summed E-state index contributed by atoms with van der Waals surface area (Å²) in [5.41, 5.74) is 8.05. The summed E-state index contributed by atoms with van der Waals surface area (Å²) in [6, 6.07) is 0. The molecular formula is C11H20N4. The van der Waals surface area contributed by atoms with E-state index in [9.17, 15) is 0 Å². The lowest BCUT2D eigenvalue weighted by molar-refractivity contribution is 0.746. The standard InChI is InChI=1S/C11H20N4/c1-4-6-11(12)13-7-9-8-15(3)14-10(9)5-2/h8H,4-7H2,1-3H3,(H2,12,13). The zero-order valence-electron chi connectivity index (χ0n) is 9.82. The number of hydrogen-bond acceptors (Lipinski definition) is 2. The van der Waals surface area contributed by atoms with Crippen molar-refractivity contribution in [3.8, 4) is 0 Å². The molecule has 0 bridgehead atoms. The van der Waals surface area contributed by atoms with Gasteiger partial charge in [-0.1, -0.05) is 13.8 Å². The van der Waals surface area contributed by atoms with Crippen molar-refractivity contribution in [3.63, 3.8) is 0 Å². The molecule has 1 aromatic rings. The van der Waals surface area contributed by atoms with Crippen LogP contribution < -0.4 is 5.73 Å². The monoisotopic (exact) mass is 208 g/mol. The van der Waals surface area contributed by atoms with Crippen LogP contribution in [0.1, 0.15) is 37.9 Å². The second-order valence-corrected chi connectivity index (χ2v) is 3.69. The Bertz CT molecular complexity index is 338. The Kier molecular flexibility index (Phi) is 4.34. The van der Waals surface area contributed by atoms with E-state index in [0.29, 0.717) is 6.54 Å². The Morgan fingerprint density at radius 1 is 1.53 bits per heavy atom. The molecule has 0 saturated heterocycles. The van der Waals surface area contributed by atoms with Crippen molar-refractivity contribution < 1.29 is 0 Å². The topological polar surface area (TPSA) is 56.2 Å². The molecule has 0 saturated carbocycles. The molecular weight excluding hydrogens is 188 g/mol. The molecule has 0 atom stereocenters. The molecule has 1 aromatic heterocycles. The van der Waals surface area contributed by atoms with Gasteiger partial charge in [-0.3, -0.25) is 9.67 Å². The minimum atomic E-state index is 0.656. The van der Waals surface area contributed by atoms with Gasteiger partial charge in [0.25, 0.3) is 0 Å². The lowest BCUT2D eigenvalue weighted by atomic mass is 10.2. The summed E-state index contributed by atoms with van der Waals surface area (Å²) in [4.78, 5) is 4.35. The van der Waals surface area contributed by atoms with Crippen LogP contribution in [-0.4, -0.2) is 15.6 Å². The van der Waals surface area contributed by atoms with E-state index >= 15 is 0 Å². The Hall–Kier alpha value is -1.32. The Morgan fingerprint density at radius 3 is 2.87 bits per heavy atom. The lowest BCUT2D eigenvalue weighted by Crippen LogP contribution is -2.11. The van der Waals surface area contributed by atoms with E-state index in [-0.39, 0.29) is 0 Å². The normalized spacial score (nSPS) is 12.1. The third-order valence-corrected chi connectivity index (χ3v) is 2.29. The van der Waals surface area contributed by atoms with Gasteiger partial charge in [0.15, 0.2) is 0 Å². The summed E-state index contributed by atoms with van der Waals surface area (Å²) in [5, 5.41) is 4.36. The van der Waals surface area contributed by atoms with Gasteiger partial charge < -0.3 is 5.73 Å². The Balaban J connectivity index is 2.67. The zero-order chi connectivity index (χ0) is 11.3. The average Bonchev–Trinajstić information content (AvgIpc) is 2.56. The number of aromatic nitrogens is 2. The largest absolute Gasteiger partial charge is 0.387 e. The minimum Gasteiger partial charge on any atom is -0.387 e. The van der Waals surface area contributed by atoms with Gasteiger partial charge in [-0.2, -0.15) is 5.10 Å². The van der Waals surface area contributed by atoms with Gasteiger partial charge in [0, 0.05) is 25.2 Å². The third kappa shape index (κ3) is 3.38. The summed E-state index contributed by atoms with van der Waals surface area (Å²) in [7, 11) is 1.93. The molecule has 84 valence electrons. The van der Waals surface area contributed by atoms with Crippen LogP contribution in [0.15, 0.2) is 11.2 Å². The molecule has 0 aliphatic rings. The second-order valence-electron chi connectivity index (χ2n) is 3.69. The number of nitrogens with zero attached hydrogens (tertiary/aromatic N) is 3. The van der Waals surface area contributed by atoms with Crippen LogP contribution in [0.5, 0.6) is 0 Å². The molecule has 4 nitrogen and oxygen atoms in total. The van der Waals surface area contributed by atoms with E-state index in [4.69, 9.17) is 5.73 Å². The van der Waals surface area contributed by atoms with E-state index in [0.717, 1.165) is 30.8 Å². The van der Waals surface area contributed by atoms with E-state index in [2.05, 4.69) is 23.9 Å². The van der Waals surface area contributed by atoms with Crippen molar-refractivity contribution in [3.05, 3.63) is 17.5 Å². The highest BCUT2D eigenvalue weighted by Crippen LogP contribution is 2.08. The molecule has 2 N–H and O–H groups in total. The zero-order valence-corrected chi connectivity index (χ0v) is 9.82. The Labute approximate surface area is 91.2 Å². The van der Waals surface area contributed by atoms with Gasteiger partial charge in [0.05, 0.1) is 18.1 Å². The highest BCUT2D eigenvalue weighted by molar-refractivity contribution is 5.80. The highest BCUT2D eigenvalue weighted by atomic mass is 15.3. The molecule has 1 rings (SSSR count). The van der Waals surface area contributed by atoms with Crippen molar-refractivity contribution >= 4 is 5.84 Å². The van der Waals surface area contributed by atoms with Crippen molar-refractivity contribution in [2.24, 2.45) is 17.8 Å². The number of nitrogens with two attached hydrogens (primary N) is 1. The minimum absolute atomic E-state index is 0.656. The number of amidine groups is 1. The van der Waals surface area contributed by atoms with Crippen molar-refractivity contribution in [1.82, 2.24) is 9.78 Å². The molecule has 15 heavy (non-hydrogen) atoms. The van der Waals surface area contributed by atoms with E-state index in [1.807, 2.05) is 17.9 Å². The van der Waals surface area contributed by atoms with E-state index < -0.39 is 0 Å². The molecule has 0 radical (unpaired) electrons. The summed E-state index contributed by atoms with van der Waals surface area (Å²) in [5.74, 6) is 0.739. The number of aliphatic imine (C=N–C) groups is 1. The maximum Gasteiger partial charge on any atom is 0.0941 e. The number of aryl methyl sites for hydroxylation is 2. The molecule has 0 aromatic carbocycles. The van der Waals surface area contributed by atoms with Crippen LogP contribution in [-0.2, 0) is 20.0 Å². The first-order valence-electron chi connectivity index (χ1n) is 5.47. The van der Waals surface area contributed by atoms with Crippen molar-refractivity contribution in [1.29, 1.82) is 0 Å². The van der Waals surface area contributed by atoms with Crippen LogP contribution in [0.4, 0.5) is 0 Å². The molecule has 4 heteroatoms. The predicted molar refractivity (Wildman–Crippen MR) is 62.8 cm³/mol. The Morgan fingerprint density at radius 2 is 2.27 bits per heavy atom. The summed E-state index contributed by atoms with van der Waals surface area (Å²) < 4.78 is 1.83.